The molecule has 0 fully saturated rings. The number of nitrogens with zero attached hydrogens (tertiary/aromatic N) is 2. The fourth-order valence-electron chi connectivity index (χ4n) is 1.98. The lowest BCUT2D eigenvalue weighted by Gasteiger charge is -2.10. The van der Waals surface area contributed by atoms with Crippen molar-refractivity contribution in [3.63, 3.8) is 0 Å². The number of aromatic nitrogens is 2. The third-order valence-electron chi connectivity index (χ3n) is 3.04. The molecule has 0 atom stereocenters. The van der Waals surface area contributed by atoms with Gasteiger partial charge in [0.05, 0.1) is 17.8 Å². The Kier molecular flexibility index (Phi) is 4.13. The van der Waals surface area contributed by atoms with Crippen LogP contribution < -0.4 is 14.9 Å². The first-order valence-corrected chi connectivity index (χ1v) is 7.59. The minimum absolute atomic E-state index is 0.205. The van der Waals surface area contributed by atoms with Gasteiger partial charge < -0.3 is 10.1 Å². The van der Waals surface area contributed by atoms with Gasteiger partial charge in [-0.15, -0.1) is 0 Å². The van der Waals surface area contributed by atoms with Gasteiger partial charge in [-0.25, -0.2) is 4.57 Å². The Balaban J connectivity index is 1.99. The van der Waals surface area contributed by atoms with E-state index in [1.807, 2.05) is 36.4 Å². The summed E-state index contributed by atoms with van der Waals surface area (Å²) in [6, 6.07) is 14.5. The third kappa shape index (κ3) is 2.84. The van der Waals surface area contributed by atoms with Crippen LogP contribution in [0, 0.1) is 0 Å². The molecule has 0 aliphatic heterocycles. The Bertz CT molecular complexity index is 842. The molecule has 0 aliphatic rings. The van der Waals surface area contributed by atoms with Crippen molar-refractivity contribution in [1.29, 1.82) is 0 Å². The van der Waals surface area contributed by atoms with Crippen LogP contribution in [-0.4, -0.2) is 16.1 Å². The second-order valence-electron chi connectivity index (χ2n) is 4.41. The number of benzene rings is 2. The number of ether oxygens (including phenoxy) is 1. The van der Waals surface area contributed by atoms with Crippen LogP contribution in [0.15, 0.2) is 53.3 Å². The smallest absolute Gasteiger partial charge is 0.332 e. The zero-order chi connectivity index (χ0) is 15.5. The highest BCUT2D eigenvalue weighted by atomic mass is 35.5. The molecule has 1 aromatic heterocycles. The molecule has 0 bridgehead atoms. The van der Waals surface area contributed by atoms with Crippen LogP contribution in [0.1, 0.15) is 0 Å². The van der Waals surface area contributed by atoms with Gasteiger partial charge >= 0.3 is 4.87 Å². The summed E-state index contributed by atoms with van der Waals surface area (Å²) in [5, 5.41) is 3.61. The van der Waals surface area contributed by atoms with Crippen molar-refractivity contribution in [2.75, 3.05) is 12.4 Å². The van der Waals surface area contributed by atoms with Gasteiger partial charge in [0.1, 0.15) is 5.75 Å². The van der Waals surface area contributed by atoms with E-state index in [2.05, 4.69) is 9.69 Å². The number of hydrogen-bond acceptors (Lipinski definition) is 5. The lowest BCUT2D eigenvalue weighted by molar-refractivity contribution is 0.415. The molecular formula is C15H12ClN3O2S. The molecule has 22 heavy (non-hydrogen) atoms. The van der Waals surface area contributed by atoms with Crippen LogP contribution in [0.3, 0.4) is 0 Å². The Morgan fingerprint density at radius 3 is 2.59 bits per heavy atom. The van der Waals surface area contributed by atoms with Crippen LogP contribution in [0.2, 0.25) is 5.02 Å². The summed E-state index contributed by atoms with van der Waals surface area (Å²) in [6.45, 7) is 0. The Morgan fingerprint density at radius 1 is 1.18 bits per heavy atom. The van der Waals surface area contributed by atoms with Gasteiger partial charge in [-0.05, 0) is 36.4 Å². The van der Waals surface area contributed by atoms with E-state index in [4.69, 9.17) is 16.3 Å². The summed E-state index contributed by atoms with van der Waals surface area (Å²) in [4.78, 5) is 11.9. The maximum absolute atomic E-state index is 12.1. The van der Waals surface area contributed by atoms with Gasteiger partial charge in [0.2, 0.25) is 5.95 Å². The molecule has 7 heteroatoms. The van der Waals surface area contributed by atoms with E-state index in [1.165, 1.54) is 4.57 Å². The fourth-order valence-corrected chi connectivity index (χ4v) is 2.76. The summed E-state index contributed by atoms with van der Waals surface area (Å²) in [6.07, 6.45) is 0. The SMILES string of the molecule is COc1ccc(Nc2nsc(=O)n2-c2ccccc2Cl)cc1. The van der Waals surface area contributed by atoms with Gasteiger partial charge in [0, 0.05) is 17.2 Å². The average molecular weight is 334 g/mol. The van der Waals surface area contributed by atoms with E-state index in [9.17, 15) is 4.79 Å². The minimum atomic E-state index is -0.205. The number of hydrogen-bond donors (Lipinski definition) is 1. The quantitative estimate of drug-likeness (QED) is 0.791. The van der Waals surface area contributed by atoms with E-state index in [0.717, 1.165) is 23.0 Å². The molecule has 0 unspecified atom stereocenters. The largest absolute Gasteiger partial charge is 0.497 e. The molecular weight excluding hydrogens is 322 g/mol. The Hall–Kier alpha value is -2.31. The van der Waals surface area contributed by atoms with Crippen molar-refractivity contribution < 1.29 is 4.74 Å². The summed E-state index contributed by atoms with van der Waals surface area (Å²) in [7, 11) is 1.61. The fraction of sp³-hybridized carbons (Fsp3) is 0.0667. The van der Waals surface area contributed by atoms with Crippen LogP contribution in [0.5, 0.6) is 5.75 Å². The highest BCUT2D eigenvalue weighted by Crippen LogP contribution is 2.24. The molecule has 3 rings (SSSR count). The molecule has 0 aliphatic carbocycles. The Labute approximate surface area is 135 Å². The van der Waals surface area contributed by atoms with Crippen molar-refractivity contribution in [2.24, 2.45) is 0 Å². The Morgan fingerprint density at radius 2 is 1.91 bits per heavy atom. The van der Waals surface area contributed by atoms with Gasteiger partial charge in [-0.1, -0.05) is 23.7 Å². The van der Waals surface area contributed by atoms with E-state index < -0.39 is 0 Å². The first kappa shape index (κ1) is 14.6. The highest BCUT2D eigenvalue weighted by molar-refractivity contribution is 7.03. The van der Waals surface area contributed by atoms with Crippen LogP contribution in [0.4, 0.5) is 11.6 Å². The summed E-state index contributed by atoms with van der Waals surface area (Å²) in [5.74, 6) is 1.18. The summed E-state index contributed by atoms with van der Waals surface area (Å²) >= 11 is 7.05. The van der Waals surface area contributed by atoms with Crippen molar-refractivity contribution in [3.8, 4) is 11.4 Å². The van der Waals surface area contributed by atoms with E-state index >= 15 is 0 Å². The van der Waals surface area contributed by atoms with Gasteiger partial charge in [0.15, 0.2) is 0 Å². The molecule has 1 N–H and O–H groups in total. The molecule has 112 valence electrons. The topological polar surface area (TPSA) is 56.1 Å². The van der Waals surface area contributed by atoms with Crippen LogP contribution in [-0.2, 0) is 0 Å². The van der Waals surface area contributed by atoms with Crippen molar-refractivity contribution in [3.05, 3.63) is 63.2 Å². The van der Waals surface area contributed by atoms with E-state index in [1.54, 1.807) is 19.2 Å². The number of methoxy groups -OCH3 is 1. The highest BCUT2D eigenvalue weighted by Gasteiger charge is 2.13. The number of halogens is 1. The maximum Gasteiger partial charge on any atom is 0.332 e. The van der Waals surface area contributed by atoms with Crippen LogP contribution in [0.25, 0.3) is 5.69 Å². The normalized spacial score (nSPS) is 10.5. The molecule has 0 radical (unpaired) electrons. The van der Waals surface area contributed by atoms with Crippen LogP contribution >= 0.6 is 23.1 Å². The number of nitrogens with one attached hydrogen (secondary N) is 1. The zero-order valence-electron chi connectivity index (χ0n) is 11.6. The second kappa shape index (κ2) is 6.21. The minimum Gasteiger partial charge on any atom is -0.497 e. The number of rotatable bonds is 4. The predicted molar refractivity (Wildman–Crippen MR) is 89.0 cm³/mol. The number of anilines is 2. The predicted octanol–water partition coefficient (Wildman–Crippen LogP) is 3.70. The lowest BCUT2D eigenvalue weighted by Crippen LogP contribution is -2.13. The first-order valence-electron chi connectivity index (χ1n) is 6.44. The molecule has 2 aromatic carbocycles. The summed E-state index contributed by atoms with van der Waals surface area (Å²) < 4.78 is 10.7. The standard InChI is InChI=1S/C15H12ClN3O2S/c1-21-11-8-6-10(7-9-11)17-14-18-22-15(20)19(14)13-5-3-2-4-12(13)16/h2-9H,1H3,(H,17,18). The maximum atomic E-state index is 12.1. The van der Waals surface area contributed by atoms with Gasteiger partial charge in [-0.2, -0.15) is 4.37 Å². The average Bonchev–Trinajstić information content (AvgIpc) is 2.89. The van der Waals surface area contributed by atoms with Gasteiger partial charge in [0.25, 0.3) is 0 Å². The number of para-hydroxylation sites is 1. The molecule has 0 amide bonds. The second-order valence-corrected chi connectivity index (χ2v) is 5.53. The molecule has 3 aromatic rings. The third-order valence-corrected chi connectivity index (χ3v) is 3.97. The van der Waals surface area contributed by atoms with Crippen molar-refractivity contribution in [2.45, 2.75) is 0 Å². The zero-order valence-corrected chi connectivity index (χ0v) is 13.2. The molecule has 5 nitrogen and oxygen atoms in total. The lowest BCUT2D eigenvalue weighted by atomic mass is 10.3. The van der Waals surface area contributed by atoms with Gasteiger partial charge in [-0.3, -0.25) is 4.79 Å². The molecule has 0 saturated carbocycles. The molecule has 1 heterocycles. The van der Waals surface area contributed by atoms with E-state index in [-0.39, 0.29) is 4.87 Å². The molecule has 0 spiro atoms. The molecule has 0 saturated heterocycles. The monoisotopic (exact) mass is 333 g/mol. The first-order chi connectivity index (χ1) is 10.7. The van der Waals surface area contributed by atoms with Crippen molar-refractivity contribution in [1.82, 2.24) is 8.94 Å². The summed E-state index contributed by atoms with van der Waals surface area (Å²) in [5.41, 5.74) is 1.39. The van der Waals surface area contributed by atoms with Crippen molar-refractivity contribution >= 4 is 34.8 Å². The van der Waals surface area contributed by atoms with E-state index in [0.29, 0.717) is 16.7 Å².